The molecule has 3 rings (SSSR count). The standard InChI is InChI=1S/C19H23N3O2/c1-20-16-6-4-15(5-7-16)18-12-22-19(13-21-18)24-17-8-2-14(3-9-17)10-11-23/h4-7,11-14,17,20H,2-3,8-10H2,1H3. The number of aromatic nitrogens is 2. The molecule has 0 radical (unpaired) electrons. The Morgan fingerprint density at radius 1 is 1.12 bits per heavy atom. The van der Waals surface area contributed by atoms with Crippen molar-refractivity contribution in [3.8, 4) is 17.1 Å². The van der Waals surface area contributed by atoms with Gasteiger partial charge in [0, 0.05) is 24.7 Å². The van der Waals surface area contributed by atoms with E-state index in [1.807, 2.05) is 31.3 Å². The van der Waals surface area contributed by atoms with Crippen molar-refractivity contribution in [2.45, 2.75) is 38.2 Å². The minimum absolute atomic E-state index is 0.183. The van der Waals surface area contributed by atoms with Gasteiger partial charge in [0.2, 0.25) is 5.88 Å². The van der Waals surface area contributed by atoms with Crippen molar-refractivity contribution in [1.29, 1.82) is 0 Å². The van der Waals surface area contributed by atoms with Crippen molar-refractivity contribution >= 4 is 12.0 Å². The molecule has 0 bridgehead atoms. The fourth-order valence-electron chi connectivity index (χ4n) is 3.13. The maximum Gasteiger partial charge on any atom is 0.232 e. The topological polar surface area (TPSA) is 64.1 Å². The molecule has 2 aromatic rings. The Labute approximate surface area is 142 Å². The van der Waals surface area contributed by atoms with Crippen molar-refractivity contribution in [3.63, 3.8) is 0 Å². The quantitative estimate of drug-likeness (QED) is 0.820. The van der Waals surface area contributed by atoms with Crippen LogP contribution in [0.2, 0.25) is 0 Å². The van der Waals surface area contributed by atoms with Crippen LogP contribution >= 0.6 is 0 Å². The van der Waals surface area contributed by atoms with Crippen LogP contribution in [-0.4, -0.2) is 29.4 Å². The molecule has 1 aliphatic carbocycles. The van der Waals surface area contributed by atoms with E-state index in [1.54, 1.807) is 12.4 Å². The molecular weight excluding hydrogens is 302 g/mol. The number of aldehydes is 1. The van der Waals surface area contributed by atoms with Crippen LogP contribution in [0.3, 0.4) is 0 Å². The maximum atomic E-state index is 10.6. The summed E-state index contributed by atoms with van der Waals surface area (Å²) in [5, 5.41) is 3.10. The lowest BCUT2D eigenvalue weighted by molar-refractivity contribution is -0.109. The molecule has 126 valence electrons. The zero-order valence-corrected chi connectivity index (χ0v) is 13.9. The Morgan fingerprint density at radius 3 is 2.46 bits per heavy atom. The molecule has 0 atom stereocenters. The lowest BCUT2D eigenvalue weighted by atomic mass is 9.86. The molecule has 24 heavy (non-hydrogen) atoms. The summed E-state index contributed by atoms with van der Waals surface area (Å²) in [5.74, 6) is 1.10. The van der Waals surface area contributed by atoms with Gasteiger partial charge in [-0.25, -0.2) is 9.97 Å². The number of carbonyl (C=O) groups is 1. The maximum absolute atomic E-state index is 10.6. The van der Waals surface area contributed by atoms with Gasteiger partial charge in [-0.1, -0.05) is 12.1 Å². The zero-order chi connectivity index (χ0) is 16.8. The van der Waals surface area contributed by atoms with Crippen LogP contribution < -0.4 is 10.1 Å². The summed E-state index contributed by atoms with van der Waals surface area (Å²) in [6.45, 7) is 0. The van der Waals surface area contributed by atoms with Crippen LogP contribution in [0, 0.1) is 5.92 Å². The van der Waals surface area contributed by atoms with Crippen molar-refractivity contribution in [2.24, 2.45) is 5.92 Å². The fourth-order valence-corrected chi connectivity index (χ4v) is 3.13. The first-order valence-corrected chi connectivity index (χ1v) is 8.49. The molecule has 1 N–H and O–H groups in total. The first kappa shape index (κ1) is 16.4. The van der Waals surface area contributed by atoms with Gasteiger partial charge in [0.1, 0.15) is 12.4 Å². The number of rotatable bonds is 6. The molecule has 1 aliphatic rings. The Balaban J connectivity index is 1.57. The molecule has 0 aliphatic heterocycles. The second-order valence-corrected chi connectivity index (χ2v) is 6.23. The minimum Gasteiger partial charge on any atom is -0.473 e. The Bertz CT molecular complexity index is 647. The first-order valence-electron chi connectivity index (χ1n) is 8.49. The highest BCUT2D eigenvalue weighted by molar-refractivity contribution is 5.61. The molecule has 0 spiro atoms. The molecule has 0 amide bonds. The Kier molecular flexibility index (Phi) is 5.41. The number of carbonyl (C=O) groups excluding carboxylic acids is 1. The number of ether oxygens (including phenoxy) is 1. The van der Waals surface area contributed by atoms with Gasteiger partial charge in [0.05, 0.1) is 18.1 Å². The van der Waals surface area contributed by atoms with Crippen molar-refractivity contribution < 1.29 is 9.53 Å². The number of nitrogens with zero attached hydrogens (tertiary/aromatic N) is 2. The summed E-state index contributed by atoms with van der Waals surface area (Å²) in [5.41, 5.74) is 2.93. The Hall–Kier alpha value is -2.43. The summed E-state index contributed by atoms with van der Waals surface area (Å²) in [4.78, 5) is 19.4. The SMILES string of the molecule is CNc1ccc(-c2cnc(OC3CCC(CC=O)CC3)cn2)cc1. The summed E-state index contributed by atoms with van der Waals surface area (Å²) in [7, 11) is 1.90. The monoisotopic (exact) mass is 325 g/mol. The highest BCUT2D eigenvalue weighted by Crippen LogP contribution is 2.28. The summed E-state index contributed by atoms with van der Waals surface area (Å²) in [6.07, 6.45) is 9.39. The lowest BCUT2D eigenvalue weighted by Gasteiger charge is -2.27. The molecule has 1 saturated carbocycles. The summed E-state index contributed by atoms with van der Waals surface area (Å²) >= 11 is 0. The number of hydrogen-bond acceptors (Lipinski definition) is 5. The van der Waals surface area contributed by atoms with Crippen molar-refractivity contribution in [2.75, 3.05) is 12.4 Å². The summed E-state index contributed by atoms with van der Waals surface area (Å²) in [6, 6.07) is 8.06. The third kappa shape index (κ3) is 4.10. The highest BCUT2D eigenvalue weighted by atomic mass is 16.5. The average molecular weight is 325 g/mol. The molecule has 1 heterocycles. The van der Waals surface area contributed by atoms with E-state index in [2.05, 4.69) is 15.3 Å². The van der Waals surface area contributed by atoms with Gasteiger partial charge in [0.15, 0.2) is 0 Å². The van der Waals surface area contributed by atoms with Crippen LogP contribution in [0.4, 0.5) is 5.69 Å². The Morgan fingerprint density at radius 2 is 1.88 bits per heavy atom. The van der Waals surface area contributed by atoms with Crippen molar-refractivity contribution in [1.82, 2.24) is 9.97 Å². The van der Waals surface area contributed by atoms with E-state index in [0.29, 0.717) is 18.2 Å². The van der Waals surface area contributed by atoms with Crippen molar-refractivity contribution in [3.05, 3.63) is 36.7 Å². The van der Waals surface area contributed by atoms with Gasteiger partial charge in [-0.05, 0) is 43.7 Å². The van der Waals surface area contributed by atoms with E-state index in [4.69, 9.17) is 4.74 Å². The first-order chi connectivity index (χ1) is 11.8. The van der Waals surface area contributed by atoms with Gasteiger partial charge in [-0.3, -0.25) is 0 Å². The van der Waals surface area contributed by atoms with Crippen LogP contribution in [-0.2, 0) is 4.79 Å². The van der Waals surface area contributed by atoms with Gasteiger partial charge >= 0.3 is 0 Å². The molecule has 1 aromatic heterocycles. The van der Waals surface area contributed by atoms with Gasteiger partial charge < -0.3 is 14.8 Å². The normalized spacial score (nSPS) is 20.4. The van der Waals surface area contributed by atoms with Gasteiger partial charge in [-0.2, -0.15) is 0 Å². The smallest absolute Gasteiger partial charge is 0.232 e. The lowest BCUT2D eigenvalue weighted by Crippen LogP contribution is -2.24. The number of benzene rings is 1. The largest absolute Gasteiger partial charge is 0.473 e. The zero-order valence-electron chi connectivity index (χ0n) is 13.9. The van der Waals surface area contributed by atoms with Crippen LogP contribution in [0.1, 0.15) is 32.1 Å². The van der Waals surface area contributed by atoms with E-state index < -0.39 is 0 Å². The number of nitrogens with one attached hydrogen (secondary N) is 1. The third-order valence-corrected chi connectivity index (χ3v) is 4.61. The predicted molar refractivity (Wildman–Crippen MR) is 94.1 cm³/mol. The molecule has 5 nitrogen and oxygen atoms in total. The molecular formula is C19H23N3O2. The molecule has 0 unspecified atom stereocenters. The van der Waals surface area contributed by atoms with Gasteiger partial charge in [0.25, 0.3) is 0 Å². The molecule has 1 aromatic carbocycles. The second kappa shape index (κ2) is 7.90. The minimum atomic E-state index is 0.183. The third-order valence-electron chi connectivity index (χ3n) is 4.61. The fraction of sp³-hybridized carbons (Fsp3) is 0.421. The molecule has 5 heteroatoms. The van der Waals surface area contributed by atoms with E-state index >= 15 is 0 Å². The molecule has 1 fully saturated rings. The van der Waals surface area contributed by atoms with Crippen LogP contribution in [0.25, 0.3) is 11.3 Å². The van der Waals surface area contributed by atoms with E-state index in [-0.39, 0.29) is 6.10 Å². The van der Waals surface area contributed by atoms with Crippen LogP contribution in [0.15, 0.2) is 36.7 Å². The van der Waals surface area contributed by atoms with Crippen LogP contribution in [0.5, 0.6) is 5.88 Å². The highest BCUT2D eigenvalue weighted by Gasteiger charge is 2.22. The number of hydrogen-bond donors (Lipinski definition) is 1. The predicted octanol–water partition coefficient (Wildman–Crippen LogP) is 3.71. The number of anilines is 1. The van der Waals surface area contributed by atoms with E-state index in [9.17, 15) is 4.79 Å². The second-order valence-electron chi connectivity index (χ2n) is 6.23. The van der Waals surface area contributed by atoms with Gasteiger partial charge in [-0.15, -0.1) is 0 Å². The van der Waals surface area contributed by atoms with E-state index in [1.165, 1.54) is 0 Å². The van der Waals surface area contributed by atoms with E-state index in [0.717, 1.165) is 48.9 Å². The average Bonchev–Trinajstić information content (AvgIpc) is 2.64. The molecule has 0 saturated heterocycles. The summed E-state index contributed by atoms with van der Waals surface area (Å²) < 4.78 is 5.94.